The number of hydrogen-bond donors (Lipinski definition) is 2. The number of nitrogens with zero attached hydrogens (tertiary/aromatic N) is 1. The van der Waals surface area contributed by atoms with Crippen LogP contribution in [0.3, 0.4) is 0 Å². The summed E-state index contributed by atoms with van der Waals surface area (Å²) in [6.45, 7) is 4.27. The number of methoxy groups -OCH3 is 1. The first-order valence-corrected chi connectivity index (χ1v) is 5.59. The second kappa shape index (κ2) is 5.65. The monoisotopic (exact) mass is 235 g/mol. The second-order valence-electron chi connectivity index (χ2n) is 3.86. The van der Waals surface area contributed by atoms with Crippen LogP contribution in [0.25, 0.3) is 11.6 Å². The summed E-state index contributed by atoms with van der Waals surface area (Å²) in [6, 6.07) is 1.92. The Bertz CT molecular complexity index is 462. The van der Waals surface area contributed by atoms with Gasteiger partial charge in [-0.1, -0.05) is 0 Å². The van der Waals surface area contributed by atoms with Crippen molar-refractivity contribution in [1.29, 1.82) is 0 Å². The molecule has 0 spiro atoms. The fourth-order valence-electron chi connectivity index (χ4n) is 1.58. The Morgan fingerprint density at radius 1 is 1.53 bits per heavy atom. The van der Waals surface area contributed by atoms with E-state index in [0.29, 0.717) is 6.61 Å². The van der Waals surface area contributed by atoms with Crippen LogP contribution < -0.4 is 5.32 Å². The molecule has 0 aliphatic carbocycles. The number of aromatic amines is 1. The van der Waals surface area contributed by atoms with Gasteiger partial charge in [0.1, 0.15) is 0 Å². The van der Waals surface area contributed by atoms with Crippen molar-refractivity contribution in [3.8, 4) is 11.6 Å². The van der Waals surface area contributed by atoms with Gasteiger partial charge >= 0.3 is 0 Å². The van der Waals surface area contributed by atoms with Gasteiger partial charge in [0.05, 0.1) is 19.1 Å². The third-order valence-electron chi connectivity index (χ3n) is 2.50. The van der Waals surface area contributed by atoms with Crippen LogP contribution in [0, 0.1) is 6.92 Å². The lowest BCUT2D eigenvalue weighted by Gasteiger charge is -2.01. The predicted octanol–water partition coefficient (Wildman–Crippen LogP) is 1.71. The number of hydrogen-bond acceptors (Lipinski definition) is 4. The summed E-state index contributed by atoms with van der Waals surface area (Å²) < 4.78 is 10.3. The minimum atomic E-state index is 0.707. The molecule has 2 heterocycles. The van der Waals surface area contributed by atoms with Gasteiger partial charge in [0.15, 0.2) is 11.6 Å². The van der Waals surface area contributed by atoms with E-state index in [1.807, 2.05) is 19.2 Å². The molecule has 0 atom stereocenters. The zero-order valence-corrected chi connectivity index (χ0v) is 10.1. The molecule has 0 aliphatic heterocycles. The maximum atomic E-state index is 5.37. The van der Waals surface area contributed by atoms with Gasteiger partial charge in [-0.15, -0.1) is 0 Å². The van der Waals surface area contributed by atoms with E-state index in [9.17, 15) is 0 Å². The zero-order chi connectivity index (χ0) is 12.1. The summed E-state index contributed by atoms with van der Waals surface area (Å²) in [7, 11) is 1.69. The number of aromatic nitrogens is 2. The Labute approximate surface area is 100 Å². The highest BCUT2D eigenvalue weighted by atomic mass is 16.5. The van der Waals surface area contributed by atoms with Crippen molar-refractivity contribution in [3.63, 3.8) is 0 Å². The molecule has 2 aromatic heterocycles. The number of nitrogens with one attached hydrogen (secondary N) is 2. The van der Waals surface area contributed by atoms with Crippen LogP contribution in [0.15, 0.2) is 22.9 Å². The van der Waals surface area contributed by atoms with Gasteiger partial charge in [-0.3, -0.25) is 0 Å². The molecule has 5 heteroatoms. The minimum absolute atomic E-state index is 0.707. The van der Waals surface area contributed by atoms with Crippen LogP contribution >= 0.6 is 0 Å². The van der Waals surface area contributed by atoms with E-state index in [0.717, 1.165) is 35.9 Å². The van der Waals surface area contributed by atoms with Crippen LogP contribution in [-0.2, 0) is 11.3 Å². The largest absolute Gasteiger partial charge is 0.461 e. The van der Waals surface area contributed by atoms with Gasteiger partial charge in [-0.05, 0) is 18.6 Å². The lowest BCUT2D eigenvalue weighted by atomic mass is 10.3. The summed E-state index contributed by atoms with van der Waals surface area (Å²) >= 11 is 0. The molecule has 0 amide bonds. The molecule has 0 unspecified atom stereocenters. The highest BCUT2D eigenvalue weighted by Gasteiger charge is 2.09. The summed E-state index contributed by atoms with van der Waals surface area (Å²) in [6.07, 6.45) is 3.49. The Morgan fingerprint density at radius 3 is 3.12 bits per heavy atom. The van der Waals surface area contributed by atoms with Crippen molar-refractivity contribution < 1.29 is 9.15 Å². The van der Waals surface area contributed by atoms with Gasteiger partial charge in [-0.2, -0.15) is 0 Å². The SMILES string of the molecule is COCCNCc1cnc(-c2occc2C)[nH]1. The molecule has 2 N–H and O–H groups in total. The first-order valence-electron chi connectivity index (χ1n) is 5.59. The van der Waals surface area contributed by atoms with Crippen molar-refractivity contribution in [3.05, 3.63) is 29.8 Å². The maximum absolute atomic E-state index is 5.37. The van der Waals surface area contributed by atoms with Gasteiger partial charge in [0.2, 0.25) is 0 Å². The molecule has 0 aliphatic rings. The van der Waals surface area contributed by atoms with E-state index in [4.69, 9.17) is 9.15 Å². The van der Waals surface area contributed by atoms with Gasteiger partial charge in [0.25, 0.3) is 0 Å². The van der Waals surface area contributed by atoms with Crippen molar-refractivity contribution in [1.82, 2.24) is 15.3 Å². The van der Waals surface area contributed by atoms with Gasteiger partial charge in [0, 0.05) is 25.9 Å². The molecule has 0 bridgehead atoms. The van der Waals surface area contributed by atoms with Crippen LogP contribution in [0.2, 0.25) is 0 Å². The molecular formula is C12H17N3O2. The number of imidazole rings is 1. The van der Waals surface area contributed by atoms with Crippen molar-refractivity contribution in [2.24, 2.45) is 0 Å². The first-order chi connectivity index (χ1) is 8.31. The molecule has 92 valence electrons. The molecule has 0 saturated carbocycles. The van der Waals surface area contributed by atoms with Crippen molar-refractivity contribution in [2.75, 3.05) is 20.3 Å². The van der Waals surface area contributed by atoms with Crippen LogP contribution in [0.1, 0.15) is 11.3 Å². The molecule has 2 aromatic rings. The van der Waals surface area contributed by atoms with Gasteiger partial charge < -0.3 is 19.5 Å². The maximum Gasteiger partial charge on any atom is 0.174 e. The zero-order valence-electron chi connectivity index (χ0n) is 10.1. The van der Waals surface area contributed by atoms with Gasteiger partial charge in [-0.25, -0.2) is 4.98 Å². The fourth-order valence-corrected chi connectivity index (χ4v) is 1.58. The Hall–Kier alpha value is -1.59. The van der Waals surface area contributed by atoms with Crippen molar-refractivity contribution in [2.45, 2.75) is 13.5 Å². The highest BCUT2D eigenvalue weighted by molar-refractivity contribution is 5.52. The van der Waals surface area contributed by atoms with E-state index in [-0.39, 0.29) is 0 Å². The number of H-pyrrole nitrogens is 1. The molecule has 0 saturated heterocycles. The smallest absolute Gasteiger partial charge is 0.174 e. The summed E-state index contributed by atoms with van der Waals surface area (Å²) in [5.41, 5.74) is 2.12. The average molecular weight is 235 g/mol. The number of aryl methyl sites for hydroxylation is 1. The van der Waals surface area contributed by atoms with Crippen LogP contribution in [-0.4, -0.2) is 30.2 Å². The molecule has 0 fully saturated rings. The van der Waals surface area contributed by atoms with Crippen LogP contribution in [0.4, 0.5) is 0 Å². The molecule has 17 heavy (non-hydrogen) atoms. The molecule has 2 rings (SSSR count). The molecule has 5 nitrogen and oxygen atoms in total. The lowest BCUT2D eigenvalue weighted by molar-refractivity contribution is 0.199. The summed E-state index contributed by atoms with van der Waals surface area (Å²) in [5, 5.41) is 3.25. The topological polar surface area (TPSA) is 63.1 Å². The number of furan rings is 1. The summed E-state index contributed by atoms with van der Waals surface area (Å²) in [5.74, 6) is 1.57. The van der Waals surface area contributed by atoms with E-state index in [1.165, 1.54) is 0 Å². The molecular weight excluding hydrogens is 218 g/mol. The third kappa shape index (κ3) is 2.95. The Kier molecular flexibility index (Phi) is 3.95. The van der Waals surface area contributed by atoms with E-state index >= 15 is 0 Å². The Morgan fingerprint density at radius 2 is 2.41 bits per heavy atom. The van der Waals surface area contributed by atoms with E-state index in [2.05, 4.69) is 15.3 Å². The minimum Gasteiger partial charge on any atom is -0.461 e. The molecule has 0 radical (unpaired) electrons. The second-order valence-corrected chi connectivity index (χ2v) is 3.86. The standard InChI is InChI=1S/C12H17N3O2/c1-9-3-5-17-11(9)12-14-8-10(15-12)7-13-4-6-16-2/h3,5,8,13H,4,6-7H2,1-2H3,(H,14,15). The fraction of sp³-hybridized carbons (Fsp3) is 0.417. The number of ether oxygens (including phenoxy) is 1. The quantitative estimate of drug-likeness (QED) is 0.748. The van der Waals surface area contributed by atoms with E-state index in [1.54, 1.807) is 13.4 Å². The van der Waals surface area contributed by atoms with E-state index < -0.39 is 0 Å². The normalized spacial score (nSPS) is 10.9. The number of rotatable bonds is 6. The van der Waals surface area contributed by atoms with Crippen molar-refractivity contribution >= 4 is 0 Å². The summed E-state index contributed by atoms with van der Waals surface area (Å²) in [4.78, 5) is 7.52. The van der Waals surface area contributed by atoms with Crippen LogP contribution in [0.5, 0.6) is 0 Å². The Balaban J connectivity index is 1.95. The lowest BCUT2D eigenvalue weighted by Crippen LogP contribution is -2.18. The molecule has 0 aromatic carbocycles. The predicted molar refractivity (Wildman–Crippen MR) is 64.6 cm³/mol. The highest BCUT2D eigenvalue weighted by Crippen LogP contribution is 2.20. The average Bonchev–Trinajstić information content (AvgIpc) is 2.93. The first kappa shape index (κ1) is 11.9. The third-order valence-corrected chi connectivity index (χ3v) is 2.50.